The number of nitrogens with one attached hydrogen (secondary N) is 1. The van der Waals surface area contributed by atoms with E-state index in [1.165, 1.54) is 6.20 Å². The Morgan fingerprint density at radius 2 is 1.89 bits per heavy atom. The van der Waals surface area contributed by atoms with Gasteiger partial charge in [-0.2, -0.15) is 0 Å². The number of anilines is 1. The summed E-state index contributed by atoms with van der Waals surface area (Å²) in [6.07, 6.45) is 3.04. The summed E-state index contributed by atoms with van der Waals surface area (Å²) in [5, 5.41) is 0. The molecule has 2 aromatic rings. The van der Waals surface area contributed by atoms with Gasteiger partial charge in [0, 0.05) is 15.1 Å². The third-order valence-electron chi connectivity index (χ3n) is 2.40. The Morgan fingerprint density at radius 3 is 2.53 bits per heavy atom. The molecular formula is C12H10Br2N2O2S. The smallest absolute Gasteiger partial charge is 0.261 e. The molecule has 2 rings (SSSR count). The van der Waals surface area contributed by atoms with E-state index in [0.29, 0.717) is 10.2 Å². The fraction of sp³-hybridized carbons (Fsp3) is 0.0833. The van der Waals surface area contributed by atoms with Crippen LogP contribution in [0.3, 0.4) is 0 Å². The average Bonchev–Trinajstić information content (AvgIpc) is 2.32. The Balaban J connectivity index is 2.35. The molecule has 0 saturated carbocycles. The molecule has 1 aromatic heterocycles. The van der Waals surface area contributed by atoms with Gasteiger partial charge in [-0.05, 0) is 52.7 Å². The van der Waals surface area contributed by atoms with Crippen molar-refractivity contribution in [3.05, 3.63) is 51.2 Å². The highest BCUT2D eigenvalue weighted by atomic mass is 79.9. The maximum atomic E-state index is 12.2. The van der Waals surface area contributed by atoms with Crippen LogP contribution in [0.1, 0.15) is 5.56 Å². The van der Waals surface area contributed by atoms with Crippen molar-refractivity contribution in [2.24, 2.45) is 0 Å². The highest BCUT2D eigenvalue weighted by molar-refractivity contribution is 9.10. The molecule has 4 nitrogen and oxygen atoms in total. The zero-order chi connectivity index (χ0) is 14.0. The molecule has 0 amide bonds. The maximum Gasteiger partial charge on any atom is 0.261 e. The highest BCUT2D eigenvalue weighted by Gasteiger charge is 2.15. The van der Waals surface area contributed by atoms with E-state index in [2.05, 4.69) is 41.6 Å². The molecule has 0 aliphatic rings. The molecule has 0 atom stereocenters. The first-order valence-corrected chi connectivity index (χ1v) is 8.35. The normalized spacial score (nSPS) is 11.3. The van der Waals surface area contributed by atoms with Crippen LogP contribution in [0.15, 0.2) is 50.5 Å². The number of sulfonamides is 1. The van der Waals surface area contributed by atoms with Gasteiger partial charge in [-0.1, -0.05) is 15.9 Å². The van der Waals surface area contributed by atoms with Crippen LogP contribution >= 0.6 is 31.9 Å². The fourth-order valence-electron chi connectivity index (χ4n) is 1.47. The van der Waals surface area contributed by atoms with E-state index in [-0.39, 0.29) is 4.90 Å². The summed E-state index contributed by atoms with van der Waals surface area (Å²) in [4.78, 5) is 4.13. The number of hydrogen-bond acceptors (Lipinski definition) is 3. The standard InChI is InChI=1S/C12H10Br2N2O2S/c1-8-4-11(2-3-12(8)14)19(17,18)16-10-5-9(13)6-15-7-10/h2-7,16H,1H3. The summed E-state index contributed by atoms with van der Waals surface area (Å²) in [7, 11) is -3.60. The molecule has 1 heterocycles. The van der Waals surface area contributed by atoms with Gasteiger partial charge in [0.2, 0.25) is 0 Å². The topological polar surface area (TPSA) is 59.1 Å². The van der Waals surface area contributed by atoms with Crippen molar-refractivity contribution in [1.82, 2.24) is 4.98 Å². The summed E-state index contributed by atoms with van der Waals surface area (Å²) in [6.45, 7) is 1.84. The molecular weight excluding hydrogens is 396 g/mol. The molecule has 0 spiro atoms. The first-order valence-electron chi connectivity index (χ1n) is 5.28. The van der Waals surface area contributed by atoms with Crippen LogP contribution in [0.5, 0.6) is 0 Å². The Kier molecular flexibility index (Phi) is 4.27. The summed E-state index contributed by atoms with van der Waals surface area (Å²) >= 11 is 6.58. The van der Waals surface area contributed by atoms with Gasteiger partial charge in [0.1, 0.15) is 0 Å². The van der Waals surface area contributed by atoms with E-state index in [4.69, 9.17) is 0 Å². The van der Waals surface area contributed by atoms with Gasteiger partial charge in [-0.15, -0.1) is 0 Å². The van der Waals surface area contributed by atoms with Crippen LogP contribution in [0, 0.1) is 6.92 Å². The van der Waals surface area contributed by atoms with Gasteiger partial charge in [-0.3, -0.25) is 9.71 Å². The lowest BCUT2D eigenvalue weighted by Crippen LogP contribution is -2.13. The van der Waals surface area contributed by atoms with Crippen molar-refractivity contribution >= 4 is 47.6 Å². The predicted octanol–water partition coefficient (Wildman–Crippen LogP) is 3.72. The quantitative estimate of drug-likeness (QED) is 0.846. The van der Waals surface area contributed by atoms with Gasteiger partial charge in [0.05, 0.1) is 16.8 Å². The summed E-state index contributed by atoms with van der Waals surface area (Å²) in [6, 6.07) is 6.52. The Bertz CT molecular complexity index is 717. The van der Waals surface area contributed by atoms with Crippen LogP contribution in [-0.4, -0.2) is 13.4 Å². The lowest BCUT2D eigenvalue weighted by molar-refractivity contribution is 0.601. The van der Waals surface area contributed by atoms with Gasteiger partial charge in [0.25, 0.3) is 10.0 Å². The van der Waals surface area contributed by atoms with Crippen LogP contribution in [0.4, 0.5) is 5.69 Å². The summed E-state index contributed by atoms with van der Waals surface area (Å²) < 4.78 is 28.5. The highest BCUT2D eigenvalue weighted by Crippen LogP contribution is 2.22. The number of hydrogen-bond donors (Lipinski definition) is 1. The number of aryl methyl sites for hydroxylation is 1. The molecule has 100 valence electrons. The second-order valence-corrected chi connectivity index (χ2v) is 7.36. The van der Waals surface area contributed by atoms with Crippen LogP contribution in [0.25, 0.3) is 0 Å². The summed E-state index contributed by atoms with van der Waals surface area (Å²) in [5.74, 6) is 0. The minimum atomic E-state index is -3.60. The van der Waals surface area contributed by atoms with E-state index in [0.717, 1.165) is 10.0 Å². The molecule has 0 fully saturated rings. The van der Waals surface area contributed by atoms with Crippen molar-refractivity contribution in [3.63, 3.8) is 0 Å². The lowest BCUT2D eigenvalue weighted by Gasteiger charge is -2.09. The number of rotatable bonds is 3. The number of pyridine rings is 1. The number of nitrogens with zero attached hydrogens (tertiary/aromatic N) is 1. The van der Waals surface area contributed by atoms with Crippen molar-refractivity contribution < 1.29 is 8.42 Å². The zero-order valence-electron chi connectivity index (χ0n) is 9.89. The van der Waals surface area contributed by atoms with Gasteiger partial charge in [-0.25, -0.2) is 8.42 Å². The Labute approximate surface area is 128 Å². The van der Waals surface area contributed by atoms with Gasteiger partial charge < -0.3 is 0 Å². The maximum absolute atomic E-state index is 12.2. The molecule has 7 heteroatoms. The predicted molar refractivity (Wildman–Crippen MR) is 81.6 cm³/mol. The van der Waals surface area contributed by atoms with Crippen molar-refractivity contribution in [3.8, 4) is 0 Å². The van der Waals surface area contributed by atoms with E-state index in [9.17, 15) is 8.42 Å². The first-order chi connectivity index (χ1) is 8.88. The number of halogens is 2. The second kappa shape index (κ2) is 5.60. The summed E-state index contributed by atoms with van der Waals surface area (Å²) in [5.41, 5.74) is 1.27. The van der Waals surface area contributed by atoms with E-state index in [1.807, 2.05) is 6.92 Å². The molecule has 1 N–H and O–H groups in total. The lowest BCUT2D eigenvalue weighted by atomic mass is 10.2. The average molecular weight is 406 g/mol. The SMILES string of the molecule is Cc1cc(S(=O)(=O)Nc2cncc(Br)c2)ccc1Br. The zero-order valence-corrected chi connectivity index (χ0v) is 13.9. The molecule has 0 aliphatic carbocycles. The molecule has 0 aliphatic heterocycles. The number of aromatic nitrogens is 1. The molecule has 0 radical (unpaired) electrons. The molecule has 19 heavy (non-hydrogen) atoms. The second-order valence-electron chi connectivity index (χ2n) is 3.91. The van der Waals surface area contributed by atoms with Crippen LogP contribution < -0.4 is 4.72 Å². The van der Waals surface area contributed by atoms with Crippen molar-refractivity contribution in [1.29, 1.82) is 0 Å². The van der Waals surface area contributed by atoms with E-state index in [1.54, 1.807) is 30.5 Å². The van der Waals surface area contributed by atoms with Crippen LogP contribution in [0.2, 0.25) is 0 Å². The van der Waals surface area contributed by atoms with Gasteiger partial charge >= 0.3 is 0 Å². The monoisotopic (exact) mass is 404 g/mol. The molecule has 0 saturated heterocycles. The van der Waals surface area contributed by atoms with E-state index >= 15 is 0 Å². The Hall–Kier alpha value is -0.920. The Morgan fingerprint density at radius 1 is 1.16 bits per heavy atom. The minimum absolute atomic E-state index is 0.216. The van der Waals surface area contributed by atoms with Crippen molar-refractivity contribution in [2.75, 3.05) is 4.72 Å². The first kappa shape index (κ1) is 14.5. The largest absolute Gasteiger partial charge is 0.278 e. The third-order valence-corrected chi connectivity index (χ3v) is 5.10. The molecule has 1 aromatic carbocycles. The molecule has 0 bridgehead atoms. The third kappa shape index (κ3) is 3.55. The minimum Gasteiger partial charge on any atom is -0.278 e. The number of benzene rings is 1. The fourth-order valence-corrected chi connectivity index (χ4v) is 3.20. The van der Waals surface area contributed by atoms with E-state index < -0.39 is 10.0 Å². The molecule has 0 unspecified atom stereocenters. The van der Waals surface area contributed by atoms with Crippen LogP contribution in [-0.2, 0) is 10.0 Å². The van der Waals surface area contributed by atoms with Crippen molar-refractivity contribution in [2.45, 2.75) is 11.8 Å². The van der Waals surface area contributed by atoms with Gasteiger partial charge in [0.15, 0.2) is 0 Å².